The number of nitrogens with zero attached hydrogens (tertiary/aromatic N) is 2. The van der Waals surface area contributed by atoms with Crippen LogP contribution in [0.25, 0.3) is 17.0 Å². The topological polar surface area (TPSA) is 67.0 Å². The van der Waals surface area contributed by atoms with Crippen LogP contribution in [-0.2, 0) is 11.3 Å². The van der Waals surface area contributed by atoms with Gasteiger partial charge >= 0.3 is 0 Å². The molecule has 0 radical (unpaired) electrons. The number of aryl methyl sites for hydroxylation is 1. The van der Waals surface area contributed by atoms with Crippen LogP contribution in [0.15, 0.2) is 54.2 Å². The summed E-state index contributed by atoms with van der Waals surface area (Å²) in [6.07, 6.45) is 7.88. The minimum absolute atomic E-state index is 0.132. The maximum Gasteiger partial charge on any atom is 0.262 e. The van der Waals surface area contributed by atoms with Crippen molar-refractivity contribution in [3.8, 4) is 11.8 Å². The van der Waals surface area contributed by atoms with Crippen LogP contribution >= 0.6 is 11.6 Å². The van der Waals surface area contributed by atoms with Gasteiger partial charge in [0, 0.05) is 33.7 Å². The van der Waals surface area contributed by atoms with Crippen LogP contribution < -0.4 is 10.1 Å². The summed E-state index contributed by atoms with van der Waals surface area (Å²) in [5.41, 5.74) is 2.99. The highest BCUT2D eigenvalue weighted by Gasteiger charge is 2.19. The van der Waals surface area contributed by atoms with Gasteiger partial charge in [-0.2, -0.15) is 5.26 Å². The van der Waals surface area contributed by atoms with Gasteiger partial charge in [-0.05, 0) is 55.7 Å². The number of halogens is 1. The summed E-state index contributed by atoms with van der Waals surface area (Å²) in [4.78, 5) is 12.6. The lowest BCUT2D eigenvalue weighted by atomic mass is 10.1. The summed E-state index contributed by atoms with van der Waals surface area (Å²) in [5.74, 6) is 0.483. The van der Waals surface area contributed by atoms with Gasteiger partial charge in [0.1, 0.15) is 24.0 Å². The van der Waals surface area contributed by atoms with E-state index in [1.165, 1.54) is 0 Å². The smallest absolute Gasteiger partial charge is 0.262 e. The SMILES string of the molecule is Cc1cc(OCCn2cc(/C=C(\C#N)C(=O)NC3CCCC3)c3ccccc32)ccc1Cl. The average Bonchev–Trinajstić information content (AvgIpc) is 3.42. The summed E-state index contributed by atoms with van der Waals surface area (Å²) >= 11 is 6.09. The van der Waals surface area contributed by atoms with Crippen LogP contribution in [0.4, 0.5) is 0 Å². The molecule has 32 heavy (non-hydrogen) atoms. The number of amides is 1. The predicted octanol–water partition coefficient (Wildman–Crippen LogP) is 5.65. The van der Waals surface area contributed by atoms with E-state index in [-0.39, 0.29) is 17.5 Å². The second-order valence-electron chi connectivity index (χ2n) is 8.18. The third-order valence-corrected chi connectivity index (χ3v) is 6.33. The van der Waals surface area contributed by atoms with Crippen molar-refractivity contribution in [3.63, 3.8) is 0 Å². The maximum absolute atomic E-state index is 12.6. The van der Waals surface area contributed by atoms with E-state index in [0.29, 0.717) is 13.2 Å². The van der Waals surface area contributed by atoms with Gasteiger partial charge < -0.3 is 14.6 Å². The fourth-order valence-electron chi connectivity index (χ4n) is 4.18. The molecule has 0 unspecified atom stereocenters. The lowest BCUT2D eigenvalue weighted by Gasteiger charge is -2.10. The van der Waals surface area contributed by atoms with Gasteiger partial charge in [0.2, 0.25) is 0 Å². The molecule has 1 amide bonds. The van der Waals surface area contributed by atoms with E-state index in [4.69, 9.17) is 16.3 Å². The zero-order valence-electron chi connectivity index (χ0n) is 18.1. The molecule has 1 aliphatic carbocycles. The second-order valence-corrected chi connectivity index (χ2v) is 8.59. The Balaban J connectivity index is 1.52. The van der Waals surface area contributed by atoms with Gasteiger partial charge in [-0.15, -0.1) is 0 Å². The monoisotopic (exact) mass is 447 g/mol. The summed E-state index contributed by atoms with van der Waals surface area (Å²) in [5, 5.41) is 14.3. The van der Waals surface area contributed by atoms with Crippen molar-refractivity contribution < 1.29 is 9.53 Å². The van der Waals surface area contributed by atoms with Gasteiger partial charge in [0.15, 0.2) is 0 Å². The first-order valence-electron chi connectivity index (χ1n) is 10.9. The highest BCUT2D eigenvalue weighted by Crippen LogP contribution is 2.25. The number of nitrogens with one attached hydrogen (secondary N) is 1. The number of nitriles is 1. The van der Waals surface area contributed by atoms with E-state index in [1.807, 2.05) is 55.6 Å². The van der Waals surface area contributed by atoms with Crippen LogP contribution in [0, 0.1) is 18.3 Å². The quantitative estimate of drug-likeness (QED) is 0.376. The molecule has 4 rings (SSSR count). The molecule has 3 aromatic rings. The standard InChI is InChI=1S/C26H26ClN3O2/c1-18-14-22(10-11-24(18)27)32-13-12-30-17-20(23-8-4-5-9-25(23)30)15-19(16-28)26(31)29-21-6-2-3-7-21/h4-5,8-11,14-15,17,21H,2-3,6-7,12-13H2,1H3,(H,29,31)/b19-15+. The molecular formula is C26H26ClN3O2. The lowest BCUT2D eigenvalue weighted by Crippen LogP contribution is -2.33. The van der Waals surface area contributed by atoms with E-state index < -0.39 is 0 Å². The Hall–Kier alpha value is -3.23. The van der Waals surface area contributed by atoms with Gasteiger partial charge in [-0.1, -0.05) is 42.6 Å². The molecule has 1 heterocycles. The van der Waals surface area contributed by atoms with Gasteiger partial charge in [0.25, 0.3) is 5.91 Å². The number of hydrogen-bond donors (Lipinski definition) is 1. The number of benzene rings is 2. The first kappa shape index (κ1) is 22.0. The molecule has 2 aromatic carbocycles. The molecule has 6 heteroatoms. The fraction of sp³-hybridized carbons (Fsp3) is 0.308. The third-order valence-electron chi connectivity index (χ3n) is 5.91. The van der Waals surface area contributed by atoms with Crippen LogP contribution in [0.5, 0.6) is 5.75 Å². The number of carbonyl (C=O) groups is 1. The molecule has 5 nitrogen and oxygen atoms in total. The first-order valence-corrected chi connectivity index (χ1v) is 11.3. The molecular weight excluding hydrogens is 422 g/mol. The van der Waals surface area contributed by atoms with E-state index >= 15 is 0 Å². The predicted molar refractivity (Wildman–Crippen MR) is 128 cm³/mol. The highest BCUT2D eigenvalue weighted by molar-refractivity contribution is 6.31. The number of carbonyl (C=O) groups excluding carboxylic acids is 1. The molecule has 164 valence electrons. The number of para-hydroxylation sites is 1. The number of ether oxygens (including phenoxy) is 1. The number of fused-ring (bicyclic) bond motifs is 1. The molecule has 0 spiro atoms. The molecule has 0 aliphatic heterocycles. The van der Waals surface area contributed by atoms with Crippen molar-refractivity contribution in [3.05, 3.63) is 70.4 Å². The molecule has 1 aromatic heterocycles. The Morgan fingerprint density at radius 3 is 2.81 bits per heavy atom. The number of aromatic nitrogens is 1. The van der Waals surface area contributed by atoms with E-state index in [1.54, 1.807) is 6.08 Å². The van der Waals surface area contributed by atoms with Crippen molar-refractivity contribution in [2.24, 2.45) is 0 Å². The fourth-order valence-corrected chi connectivity index (χ4v) is 4.30. The van der Waals surface area contributed by atoms with Crippen molar-refractivity contribution in [1.82, 2.24) is 9.88 Å². The van der Waals surface area contributed by atoms with Crippen LogP contribution in [0.3, 0.4) is 0 Å². The average molecular weight is 448 g/mol. The summed E-state index contributed by atoms with van der Waals surface area (Å²) < 4.78 is 8.00. The maximum atomic E-state index is 12.6. The Kier molecular flexibility index (Phi) is 6.82. The Morgan fingerprint density at radius 1 is 1.28 bits per heavy atom. The third kappa shape index (κ3) is 4.98. The number of rotatable bonds is 7. The van der Waals surface area contributed by atoms with Crippen LogP contribution in [-0.4, -0.2) is 23.1 Å². The molecule has 0 bridgehead atoms. The van der Waals surface area contributed by atoms with Gasteiger partial charge in [-0.25, -0.2) is 0 Å². The zero-order chi connectivity index (χ0) is 22.5. The highest BCUT2D eigenvalue weighted by atomic mass is 35.5. The second kappa shape index (κ2) is 9.93. The molecule has 0 atom stereocenters. The normalized spacial score (nSPS) is 14.5. The van der Waals surface area contributed by atoms with Gasteiger partial charge in [-0.3, -0.25) is 4.79 Å². The van der Waals surface area contributed by atoms with E-state index in [0.717, 1.165) is 58.5 Å². The van der Waals surface area contributed by atoms with Crippen molar-refractivity contribution in [2.45, 2.75) is 45.2 Å². The van der Waals surface area contributed by atoms with Gasteiger partial charge in [0.05, 0.1) is 6.54 Å². The molecule has 1 aliphatic rings. The Bertz CT molecular complexity index is 1200. The largest absolute Gasteiger partial charge is 0.492 e. The minimum Gasteiger partial charge on any atom is -0.492 e. The van der Waals surface area contributed by atoms with Crippen molar-refractivity contribution >= 4 is 34.5 Å². The van der Waals surface area contributed by atoms with E-state index in [9.17, 15) is 10.1 Å². The zero-order valence-corrected chi connectivity index (χ0v) is 18.9. The first-order chi connectivity index (χ1) is 15.5. The summed E-state index contributed by atoms with van der Waals surface area (Å²) in [7, 11) is 0. The van der Waals surface area contributed by atoms with Crippen LogP contribution in [0.2, 0.25) is 5.02 Å². The molecule has 1 saturated carbocycles. The minimum atomic E-state index is -0.294. The van der Waals surface area contributed by atoms with Crippen LogP contribution in [0.1, 0.15) is 36.8 Å². The van der Waals surface area contributed by atoms with E-state index in [2.05, 4.69) is 16.0 Å². The van der Waals surface area contributed by atoms with Crippen molar-refractivity contribution in [1.29, 1.82) is 5.26 Å². The van der Waals surface area contributed by atoms with Crippen molar-refractivity contribution in [2.75, 3.05) is 6.61 Å². The number of hydrogen-bond acceptors (Lipinski definition) is 3. The molecule has 0 saturated heterocycles. The molecule has 1 fully saturated rings. The molecule has 1 N–H and O–H groups in total. The lowest BCUT2D eigenvalue weighted by molar-refractivity contribution is -0.117. The Labute approximate surface area is 193 Å². The Morgan fingerprint density at radius 2 is 2.06 bits per heavy atom. The summed E-state index contributed by atoms with van der Waals surface area (Å²) in [6, 6.07) is 15.8. The summed E-state index contributed by atoms with van der Waals surface area (Å²) in [6.45, 7) is 3.06.